The normalized spacial score (nSPS) is 12.9. The average molecular weight is 216 g/mol. The summed E-state index contributed by atoms with van der Waals surface area (Å²) < 4.78 is 4.60. The monoisotopic (exact) mass is 216 g/mol. The van der Waals surface area contributed by atoms with Crippen LogP contribution in [0, 0.1) is 0 Å². The van der Waals surface area contributed by atoms with Gasteiger partial charge >= 0.3 is 5.97 Å². The van der Waals surface area contributed by atoms with E-state index in [9.17, 15) is 4.79 Å². The first-order valence-corrected chi connectivity index (χ1v) is 5.66. The molecule has 0 aliphatic rings. The van der Waals surface area contributed by atoms with Crippen molar-refractivity contribution in [2.24, 2.45) is 0 Å². The predicted molar refractivity (Wildman–Crippen MR) is 61.9 cm³/mol. The number of esters is 1. The Kier molecular flexibility index (Phi) is 8.33. The fraction of sp³-hybridized carbons (Fsp3) is 0.909. The first kappa shape index (κ1) is 14.4. The van der Waals surface area contributed by atoms with Crippen LogP contribution in [0.5, 0.6) is 0 Å². The summed E-state index contributed by atoms with van der Waals surface area (Å²) in [6.07, 6.45) is 0.439. The van der Waals surface area contributed by atoms with Gasteiger partial charge in [-0.1, -0.05) is 13.8 Å². The molecule has 0 saturated heterocycles. The van der Waals surface area contributed by atoms with Gasteiger partial charge in [-0.05, 0) is 20.0 Å². The molecule has 1 N–H and O–H groups in total. The van der Waals surface area contributed by atoms with Crippen molar-refractivity contribution in [3.8, 4) is 0 Å². The van der Waals surface area contributed by atoms with E-state index in [4.69, 9.17) is 0 Å². The van der Waals surface area contributed by atoms with E-state index in [0.717, 1.165) is 26.2 Å². The third-order valence-corrected chi connectivity index (χ3v) is 2.52. The number of ether oxygens (including phenoxy) is 1. The zero-order valence-corrected chi connectivity index (χ0v) is 10.4. The minimum absolute atomic E-state index is 0.155. The summed E-state index contributed by atoms with van der Waals surface area (Å²) in [4.78, 5) is 13.3. The van der Waals surface area contributed by atoms with Gasteiger partial charge in [0, 0.05) is 19.1 Å². The molecule has 0 aromatic rings. The van der Waals surface area contributed by atoms with Crippen LogP contribution in [0.3, 0.4) is 0 Å². The fourth-order valence-electron chi connectivity index (χ4n) is 1.41. The molecule has 0 aliphatic carbocycles. The van der Waals surface area contributed by atoms with Crippen molar-refractivity contribution in [1.29, 1.82) is 0 Å². The van der Waals surface area contributed by atoms with E-state index < -0.39 is 0 Å². The number of carbonyl (C=O) groups excluding carboxylic acids is 1. The van der Waals surface area contributed by atoms with Crippen LogP contribution in [-0.2, 0) is 9.53 Å². The van der Waals surface area contributed by atoms with Gasteiger partial charge in [0.15, 0.2) is 0 Å². The largest absolute Gasteiger partial charge is 0.469 e. The highest BCUT2D eigenvalue weighted by Crippen LogP contribution is 1.93. The zero-order valence-electron chi connectivity index (χ0n) is 10.4. The maximum absolute atomic E-state index is 11.0. The minimum atomic E-state index is -0.155. The second kappa shape index (κ2) is 8.68. The summed E-state index contributed by atoms with van der Waals surface area (Å²) in [6.45, 7) is 10.4. The van der Waals surface area contributed by atoms with Crippen molar-refractivity contribution in [3.05, 3.63) is 0 Å². The van der Waals surface area contributed by atoms with Crippen LogP contribution in [0.2, 0.25) is 0 Å². The highest BCUT2D eigenvalue weighted by atomic mass is 16.5. The van der Waals surface area contributed by atoms with Gasteiger partial charge in [-0.15, -0.1) is 0 Å². The van der Waals surface area contributed by atoms with Gasteiger partial charge in [-0.3, -0.25) is 4.79 Å². The van der Waals surface area contributed by atoms with E-state index in [-0.39, 0.29) is 12.0 Å². The van der Waals surface area contributed by atoms with Gasteiger partial charge in [0.1, 0.15) is 0 Å². The summed E-state index contributed by atoms with van der Waals surface area (Å²) >= 11 is 0. The number of rotatable bonds is 8. The van der Waals surface area contributed by atoms with Crippen molar-refractivity contribution in [2.45, 2.75) is 33.2 Å². The molecule has 0 bridgehead atoms. The molecular weight excluding hydrogens is 192 g/mol. The second-order valence-electron chi connectivity index (χ2n) is 3.66. The number of carbonyl (C=O) groups is 1. The van der Waals surface area contributed by atoms with E-state index in [1.165, 1.54) is 7.11 Å². The molecule has 0 unspecified atom stereocenters. The molecule has 0 saturated carbocycles. The van der Waals surface area contributed by atoms with Crippen LogP contribution in [0.4, 0.5) is 0 Å². The SMILES string of the molecule is CCN(CC)CCN[C@H](C)CC(=O)OC. The van der Waals surface area contributed by atoms with Crippen molar-refractivity contribution >= 4 is 5.97 Å². The number of likely N-dealkylation sites (N-methyl/N-ethyl adjacent to an activating group) is 1. The molecule has 0 aromatic carbocycles. The highest BCUT2D eigenvalue weighted by molar-refractivity contribution is 5.69. The topological polar surface area (TPSA) is 41.6 Å². The zero-order chi connectivity index (χ0) is 11.7. The number of hydrogen-bond donors (Lipinski definition) is 1. The lowest BCUT2D eigenvalue weighted by atomic mass is 10.2. The minimum Gasteiger partial charge on any atom is -0.469 e. The summed E-state index contributed by atoms with van der Waals surface area (Å²) in [5.41, 5.74) is 0. The summed E-state index contributed by atoms with van der Waals surface area (Å²) in [5, 5.41) is 3.30. The Morgan fingerprint density at radius 1 is 1.40 bits per heavy atom. The van der Waals surface area contributed by atoms with Gasteiger partial charge in [-0.25, -0.2) is 0 Å². The fourth-order valence-corrected chi connectivity index (χ4v) is 1.41. The van der Waals surface area contributed by atoms with Crippen LogP contribution in [-0.4, -0.2) is 50.2 Å². The summed E-state index contributed by atoms with van der Waals surface area (Å²) in [6, 6.07) is 0.188. The van der Waals surface area contributed by atoms with Crippen LogP contribution in [0.1, 0.15) is 27.2 Å². The van der Waals surface area contributed by atoms with E-state index in [2.05, 4.69) is 28.8 Å². The van der Waals surface area contributed by atoms with Crippen molar-refractivity contribution in [1.82, 2.24) is 10.2 Å². The van der Waals surface area contributed by atoms with Gasteiger partial charge in [0.05, 0.1) is 13.5 Å². The van der Waals surface area contributed by atoms with E-state index in [0.29, 0.717) is 6.42 Å². The van der Waals surface area contributed by atoms with Crippen LogP contribution in [0.15, 0.2) is 0 Å². The van der Waals surface area contributed by atoms with Crippen molar-refractivity contribution in [2.75, 3.05) is 33.3 Å². The molecule has 1 atom stereocenters. The average Bonchev–Trinajstić information content (AvgIpc) is 2.24. The third-order valence-electron chi connectivity index (χ3n) is 2.52. The predicted octanol–water partition coefficient (Wildman–Crippen LogP) is 0.869. The Bertz CT molecular complexity index is 170. The van der Waals surface area contributed by atoms with Crippen LogP contribution < -0.4 is 5.32 Å². The molecule has 0 amide bonds. The molecule has 0 spiro atoms. The van der Waals surface area contributed by atoms with E-state index in [1.807, 2.05) is 6.92 Å². The number of nitrogens with one attached hydrogen (secondary N) is 1. The maximum atomic E-state index is 11.0. The third kappa shape index (κ3) is 7.33. The highest BCUT2D eigenvalue weighted by Gasteiger charge is 2.08. The molecule has 0 rings (SSSR count). The molecule has 15 heavy (non-hydrogen) atoms. The number of nitrogens with zero attached hydrogens (tertiary/aromatic N) is 1. The van der Waals surface area contributed by atoms with Crippen LogP contribution >= 0.6 is 0 Å². The Labute approximate surface area is 93.0 Å². The van der Waals surface area contributed by atoms with Gasteiger partial charge in [-0.2, -0.15) is 0 Å². The number of hydrogen-bond acceptors (Lipinski definition) is 4. The van der Waals surface area contributed by atoms with Crippen LogP contribution in [0.25, 0.3) is 0 Å². The second-order valence-corrected chi connectivity index (χ2v) is 3.66. The number of methoxy groups -OCH3 is 1. The van der Waals surface area contributed by atoms with Crippen molar-refractivity contribution < 1.29 is 9.53 Å². The molecular formula is C11H24N2O2. The first-order chi connectivity index (χ1) is 7.13. The Morgan fingerprint density at radius 3 is 2.47 bits per heavy atom. The molecule has 4 nitrogen and oxygen atoms in total. The first-order valence-electron chi connectivity index (χ1n) is 5.66. The maximum Gasteiger partial charge on any atom is 0.307 e. The Morgan fingerprint density at radius 2 is 2.00 bits per heavy atom. The molecule has 0 aliphatic heterocycles. The molecule has 0 aromatic heterocycles. The van der Waals surface area contributed by atoms with E-state index in [1.54, 1.807) is 0 Å². The molecule has 0 fully saturated rings. The lowest BCUT2D eigenvalue weighted by Gasteiger charge is -2.19. The smallest absolute Gasteiger partial charge is 0.307 e. The quantitative estimate of drug-likeness (QED) is 0.611. The lowest BCUT2D eigenvalue weighted by molar-refractivity contribution is -0.141. The van der Waals surface area contributed by atoms with Gasteiger partial charge in [0.25, 0.3) is 0 Å². The summed E-state index contributed by atoms with van der Waals surface area (Å²) in [7, 11) is 1.42. The standard InChI is InChI=1S/C11H24N2O2/c1-5-13(6-2)8-7-12-10(3)9-11(14)15-4/h10,12H,5-9H2,1-4H3/t10-/m1/s1. The Balaban J connectivity index is 3.53. The molecule has 90 valence electrons. The Hall–Kier alpha value is -0.610. The lowest BCUT2D eigenvalue weighted by Crippen LogP contribution is -2.36. The van der Waals surface area contributed by atoms with E-state index >= 15 is 0 Å². The molecule has 4 heteroatoms. The summed E-state index contributed by atoms with van der Waals surface area (Å²) in [5.74, 6) is -0.155. The van der Waals surface area contributed by atoms with Gasteiger partial charge < -0.3 is 15.0 Å². The molecule has 0 radical (unpaired) electrons. The van der Waals surface area contributed by atoms with Gasteiger partial charge in [0.2, 0.25) is 0 Å². The molecule has 0 heterocycles. The van der Waals surface area contributed by atoms with Crippen molar-refractivity contribution in [3.63, 3.8) is 0 Å².